The van der Waals surface area contributed by atoms with E-state index < -0.39 is 5.91 Å². The van der Waals surface area contributed by atoms with Crippen molar-refractivity contribution in [2.45, 2.75) is 13.3 Å². The molecule has 0 aliphatic rings. The molecule has 98 valence electrons. The third-order valence-electron chi connectivity index (χ3n) is 2.25. The number of amides is 2. The van der Waals surface area contributed by atoms with Gasteiger partial charge in [-0.25, -0.2) is 9.97 Å². The Labute approximate surface area is 113 Å². The summed E-state index contributed by atoms with van der Waals surface area (Å²) in [5.41, 5.74) is 6.71. The lowest BCUT2D eigenvalue weighted by molar-refractivity contribution is -0.117. The highest BCUT2D eigenvalue weighted by Crippen LogP contribution is 2.16. The van der Waals surface area contributed by atoms with Crippen LogP contribution in [0.25, 0.3) is 0 Å². The zero-order chi connectivity index (χ0) is 13.8. The first-order chi connectivity index (χ1) is 9.04. The standard InChI is InChI=1S/C12H12N4O2S/c1-7-3-2-4-9(14-7)11(18)16-12-15-8(6-19-12)5-10(13)17/h2-4,6H,5H2,1H3,(H2,13,17)(H,15,16,18). The number of nitrogens with two attached hydrogens (primary N) is 1. The predicted molar refractivity (Wildman–Crippen MR) is 71.9 cm³/mol. The number of primary amides is 1. The minimum atomic E-state index is -0.455. The molecule has 2 aromatic rings. The molecule has 0 spiro atoms. The third kappa shape index (κ3) is 3.59. The molecule has 0 radical (unpaired) electrons. The van der Waals surface area contributed by atoms with E-state index in [4.69, 9.17) is 5.73 Å². The van der Waals surface area contributed by atoms with E-state index in [0.29, 0.717) is 16.5 Å². The Kier molecular flexibility index (Phi) is 3.86. The van der Waals surface area contributed by atoms with Crippen LogP contribution < -0.4 is 11.1 Å². The molecular weight excluding hydrogens is 264 g/mol. The Morgan fingerprint density at radius 3 is 2.84 bits per heavy atom. The molecule has 2 rings (SSSR count). The Balaban J connectivity index is 2.06. The normalized spacial score (nSPS) is 10.2. The molecule has 0 fully saturated rings. The number of hydrogen-bond donors (Lipinski definition) is 2. The lowest BCUT2D eigenvalue weighted by Crippen LogP contribution is -2.15. The van der Waals surface area contributed by atoms with Gasteiger partial charge >= 0.3 is 0 Å². The van der Waals surface area contributed by atoms with Crippen LogP contribution in [0.3, 0.4) is 0 Å². The zero-order valence-electron chi connectivity index (χ0n) is 10.2. The summed E-state index contributed by atoms with van der Waals surface area (Å²) in [6.45, 7) is 1.81. The monoisotopic (exact) mass is 276 g/mol. The summed E-state index contributed by atoms with van der Waals surface area (Å²) in [5, 5.41) is 4.74. The second-order valence-corrected chi connectivity index (χ2v) is 4.76. The van der Waals surface area contributed by atoms with E-state index >= 15 is 0 Å². The summed E-state index contributed by atoms with van der Waals surface area (Å²) in [6.07, 6.45) is 0.0645. The van der Waals surface area contributed by atoms with E-state index in [1.807, 2.05) is 13.0 Å². The first-order valence-electron chi connectivity index (χ1n) is 5.52. The quantitative estimate of drug-likeness (QED) is 0.874. The average Bonchev–Trinajstić information content (AvgIpc) is 2.75. The number of anilines is 1. The number of rotatable bonds is 4. The molecule has 0 saturated carbocycles. The zero-order valence-corrected chi connectivity index (χ0v) is 11.0. The maximum atomic E-state index is 11.9. The van der Waals surface area contributed by atoms with Crippen molar-refractivity contribution in [2.24, 2.45) is 5.73 Å². The smallest absolute Gasteiger partial charge is 0.276 e. The second kappa shape index (κ2) is 5.57. The van der Waals surface area contributed by atoms with Crippen LogP contribution in [0.2, 0.25) is 0 Å². The second-order valence-electron chi connectivity index (χ2n) is 3.91. The number of carbonyl (C=O) groups excluding carboxylic acids is 2. The number of nitrogens with zero attached hydrogens (tertiary/aromatic N) is 2. The van der Waals surface area contributed by atoms with Crippen LogP contribution in [-0.4, -0.2) is 21.8 Å². The highest BCUT2D eigenvalue weighted by molar-refractivity contribution is 7.14. The number of carbonyl (C=O) groups is 2. The molecule has 3 N–H and O–H groups in total. The molecule has 2 aromatic heterocycles. The topological polar surface area (TPSA) is 98.0 Å². The van der Waals surface area contributed by atoms with Crippen molar-refractivity contribution in [1.82, 2.24) is 9.97 Å². The number of thiazole rings is 1. The molecule has 0 unspecified atom stereocenters. The Hall–Kier alpha value is -2.28. The lowest BCUT2D eigenvalue weighted by atomic mass is 10.3. The van der Waals surface area contributed by atoms with Crippen LogP contribution in [-0.2, 0) is 11.2 Å². The van der Waals surface area contributed by atoms with Gasteiger partial charge in [0.05, 0.1) is 12.1 Å². The summed E-state index contributed by atoms with van der Waals surface area (Å²) in [4.78, 5) is 30.9. The molecule has 2 heterocycles. The molecule has 7 heteroatoms. The van der Waals surface area contributed by atoms with Crippen LogP contribution in [0.4, 0.5) is 5.13 Å². The number of aryl methyl sites for hydroxylation is 1. The summed E-state index contributed by atoms with van der Waals surface area (Å²) in [5.74, 6) is -0.785. The van der Waals surface area contributed by atoms with Crippen molar-refractivity contribution < 1.29 is 9.59 Å². The van der Waals surface area contributed by atoms with E-state index in [0.717, 1.165) is 5.69 Å². The van der Waals surface area contributed by atoms with E-state index in [9.17, 15) is 9.59 Å². The van der Waals surface area contributed by atoms with Crippen LogP contribution in [0, 0.1) is 6.92 Å². The van der Waals surface area contributed by atoms with E-state index in [2.05, 4.69) is 15.3 Å². The Bertz CT molecular complexity index is 624. The van der Waals surface area contributed by atoms with Gasteiger partial charge in [-0.3, -0.25) is 14.9 Å². The van der Waals surface area contributed by atoms with Crippen molar-refractivity contribution >= 4 is 28.3 Å². The van der Waals surface area contributed by atoms with Gasteiger partial charge in [-0.1, -0.05) is 6.07 Å². The van der Waals surface area contributed by atoms with Gasteiger partial charge in [-0.2, -0.15) is 0 Å². The average molecular weight is 276 g/mol. The highest BCUT2D eigenvalue weighted by atomic mass is 32.1. The van der Waals surface area contributed by atoms with Crippen LogP contribution in [0.15, 0.2) is 23.6 Å². The minimum absolute atomic E-state index is 0.0645. The lowest BCUT2D eigenvalue weighted by Gasteiger charge is -2.01. The summed E-state index contributed by atoms with van der Waals surface area (Å²) >= 11 is 1.24. The molecule has 0 bridgehead atoms. The Morgan fingerprint density at radius 2 is 2.16 bits per heavy atom. The van der Waals surface area contributed by atoms with Crippen molar-refractivity contribution in [3.63, 3.8) is 0 Å². The van der Waals surface area contributed by atoms with Crippen LogP contribution in [0.1, 0.15) is 21.9 Å². The van der Waals surface area contributed by atoms with E-state index in [1.165, 1.54) is 11.3 Å². The maximum Gasteiger partial charge on any atom is 0.276 e. The third-order valence-corrected chi connectivity index (χ3v) is 3.06. The van der Waals surface area contributed by atoms with Gasteiger partial charge in [0.25, 0.3) is 5.91 Å². The Morgan fingerprint density at radius 1 is 1.37 bits per heavy atom. The SMILES string of the molecule is Cc1cccc(C(=O)Nc2nc(CC(N)=O)cs2)n1. The molecule has 19 heavy (non-hydrogen) atoms. The summed E-state index contributed by atoms with van der Waals surface area (Å²) < 4.78 is 0. The van der Waals surface area contributed by atoms with Gasteiger partial charge < -0.3 is 5.73 Å². The number of aromatic nitrogens is 2. The predicted octanol–water partition coefficient (Wildman–Crippen LogP) is 1.13. The molecule has 0 aromatic carbocycles. The molecule has 0 aliphatic carbocycles. The molecule has 0 saturated heterocycles. The van der Waals surface area contributed by atoms with Gasteiger partial charge in [0, 0.05) is 11.1 Å². The first-order valence-corrected chi connectivity index (χ1v) is 6.40. The molecule has 0 aliphatic heterocycles. The van der Waals surface area contributed by atoms with Crippen LogP contribution in [0.5, 0.6) is 0 Å². The van der Waals surface area contributed by atoms with Gasteiger partial charge in [0.15, 0.2) is 5.13 Å². The highest BCUT2D eigenvalue weighted by Gasteiger charge is 2.11. The fourth-order valence-corrected chi connectivity index (χ4v) is 2.16. The molecule has 2 amide bonds. The minimum Gasteiger partial charge on any atom is -0.369 e. The molecule has 6 nitrogen and oxygen atoms in total. The summed E-state index contributed by atoms with van der Waals surface area (Å²) in [7, 11) is 0. The largest absolute Gasteiger partial charge is 0.369 e. The molecule has 0 atom stereocenters. The van der Waals surface area contributed by atoms with E-state index in [1.54, 1.807) is 17.5 Å². The van der Waals surface area contributed by atoms with Gasteiger partial charge in [0.2, 0.25) is 5.91 Å². The first kappa shape index (κ1) is 13.2. The number of hydrogen-bond acceptors (Lipinski definition) is 5. The van der Waals surface area contributed by atoms with Crippen molar-refractivity contribution in [1.29, 1.82) is 0 Å². The van der Waals surface area contributed by atoms with Crippen molar-refractivity contribution in [3.8, 4) is 0 Å². The van der Waals surface area contributed by atoms with Gasteiger partial charge in [-0.15, -0.1) is 11.3 Å². The fraction of sp³-hybridized carbons (Fsp3) is 0.167. The van der Waals surface area contributed by atoms with Crippen LogP contribution >= 0.6 is 11.3 Å². The van der Waals surface area contributed by atoms with E-state index in [-0.39, 0.29) is 12.3 Å². The number of nitrogens with one attached hydrogen (secondary N) is 1. The summed E-state index contributed by atoms with van der Waals surface area (Å²) in [6, 6.07) is 5.20. The van der Waals surface area contributed by atoms with Crippen molar-refractivity contribution in [3.05, 3.63) is 40.7 Å². The maximum absolute atomic E-state index is 11.9. The van der Waals surface area contributed by atoms with Gasteiger partial charge in [-0.05, 0) is 19.1 Å². The molecular formula is C12H12N4O2S. The van der Waals surface area contributed by atoms with Crippen molar-refractivity contribution in [2.75, 3.05) is 5.32 Å². The number of pyridine rings is 1. The fourth-order valence-electron chi connectivity index (χ4n) is 1.45. The van der Waals surface area contributed by atoms with Gasteiger partial charge in [0.1, 0.15) is 5.69 Å².